The van der Waals surface area contributed by atoms with Crippen molar-refractivity contribution in [1.82, 2.24) is 73.3 Å². The molecule has 0 unspecified atom stereocenters. The van der Waals surface area contributed by atoms with Crippen LogP contribution in [-0.4, -0.2) is 202 Å². The molecule has 12 aromatic rings. The van der Waals surface area contributed by atoms with Crippen LogP contribution in [-0.2, 0) is 14.3 Å². The molecule has 3 N–H and O–H groups in total. The van der Waals surface area contributed by atoms with Crippen LogP contribution in [0, 0.1) is 55.7 Å². The monoisotopic (exact) mass is 1910 g/mol. The van der Waals surface area contributed by atoms with Crippen molar-refractivity contribution in [3.05, 3.63) is 228 Å². The van der Waals surface area contributed by atoms with Crippen LogP contribution in [0.25, 0.3) is 72.7 Å². The number of rotatable bonds is 13. The van der Waals surface area contributed by atoms with E-state index in [9.17, 15) is 65.2 Å². The van der Waals surface area contributed by atoms with Crippen LogP contribution in [0.4, 0.5) is 62.0 Å². The van der Waals surface area contributed by atoms with Gasteiger partial charge in [-0.05, 0) is 196 Å². The number of anilines is 3. The SMILES string of the molecule is C=CC(=O)N1CCN(c2nc(=O)n(-c3c(C)ccnc3C(C)C)c3nc(-c4c(O)cccc4F)c(F)cc23)[C@@H](C)C1.Cc1ccnc(C(C)C)c1-n1c(=O)nc(N2CCN(C(=O)OC(C)(C)C)C[C@@H]2C)c2cc(F)c(-c3c(O)cccc3F)nc21.Cc1ccnc(C(C)C)c1-n1c(=O)nc(N2CCN(C(=O)OC(C)(C)C)C[C@@H]2C)c2cc(F)c(Cl)nc21.Oc1cccc(F)c1B(F)F.[F-].[K+]. The van der Waals surface area contributed by atoms with Crippen LogP contribution in [0.5, 0.6) is 17.2 Å². The van der Waals surface area contributed by atoms with Crippen molar-refractivity contribution in [2.24, 2.45) is 0 Å². The molecule has 3 fully saturated rings. The number of fused-ring (bicyclic) bond motifs is 3. The number of amides is 3. The number of phenols is 3. The molecule has 3 aliphatic heterocycles. The molecule has 41 heteroatoms. The number of aromatic nitrogens is 12. The van der Waals surface area contributed by atoms with Crippen molar-refractivity contribution in [2.45, 2.75) is 172 Å². The predicted octanol–water partition coefficient (Wildman–Crippen LogP) is 10.2. The summed E-state index contributed by atoms with van der Waals surface area (Å²) >= 11 is 6.11. The first kappa shape index (κ1) is 105. The van der Waals surface area contributed by atoms with Crippen molar-refractivity contribution >= 4 is 93.0 Å². The van der Waals surface area contributed by atoms with Crippen molar-refractivity contribution in [3.63, 3.8) is 0 Å². The number of piperazine rings is 3. The summed E-state index contributed by atoms with van der Waals surface area (Å²) in [6.07, 6.45) is 5.37. The second-order valence-electron chi connectivity index (χ2n) is 35.4. The molecule has 3 saturated heterocycles. The number of benzene rings is 3. The van der Waals surface area contributed by atoms with E-state index in [0.717, 1.165) is 48.0 Å². The van der Waals surface area contributed by atoms with E-state index < -0.39 is 128 Å². The van der Waals surface area contributed by atoms with E-state index in [2.05, 4.69) is 51.4 Å². The number of aromatic hydroxyl groups is 3. The van der Waals surface area contributed by atoms with Crippen LogP contribution >= 0.6 is 11.6 Å². The van der Waals surface area contributed by atoms with Crippen molar-refractivity contribution in [1.29, 1.82) is 0 Å². The Morgan fingerprint density at radius 3 is 1.07 bits per heavy atom. The number of halogens is 10. The molecule has 3 aliphatic rings. The summed E-state index contributed by atoms with van der Waals surface area (Å²) in [6, 6.07) is 18.4. The predicted molar refractivity (Wildman–Crippen MR) is 493 cm³/mol. The van der Waals surface area contributed by atoms with Gasteiger partial charge in [-0.1, -0.05) is 77.9 Å². The molecular formula is C94H102BClF9KN18O11. The van der Waals surface area contributed by atoms with Crippen LogP contribution in [0.15, 0.2) is 137 Å². The summed E-state index contributed by atoms with van der Waals surface area (Å²) in [5.41, 5.74) is -0.0229. The molecule has 0 radical (unpaired) electrons. The van der Waals surface area contributed by atoms with Gasteiger partial charge >= 0.3 is 87.9 Å². The molecule has 3 amide bonds. The van der Waals surface area contributed by atoms with E-state index in [0.29, 0.717) is 95.7 Å². The molecule has 0 bridgehead atoms. The van der Waals surface area contributed by atoms with E-state index in [1.807, 2.05) is 119 Å². The summed E-state index contributed by atoms with van der Waals surface area (Å²) in [5, 5.41) is 30.1. The molecule has 15 rings (SSSR count). The summed E-state index contributed by atoms with van der Waals surface area (Å²) in [4.78, 5) is 130. The van der Waals surface area contributed by atoms with Crippen molar-refractivity contribution in [2.75, 3.05) is 73.6 Å². The number of phenolic OH excluding ortho intramolecular Hbond substituents is 3. The third-order valence-corrected chi connectivity index (χ3v) is 22.6. The number of ether oxygens (including phenoxy) is 2. The van der Waals surface area contributed by atoms with Crippen LogP contribution in [0.3, 0.4) is 0 Å². The topological polar surface area (TPSA) is 332 Å². The molecular weight excluding hydrogens is 1810 g/mol. The first-order valence-corrected chi connectivity index (χ1v) is 43.3. The van der Waals surface area contributed by atoms with E-state index >= 15 is 8.78 Å². The van der Waals surface area contributed by atoms with Gasteiger partial charge in [-0.2, -0.15) is 15.0 Å². The van der Waals surface area contributed by atoms with Gasteiger partial charge in [0.25, 0.3) is 0 Å². The Morgan fingerprint density at radius 1 is 0.467 bits per heavy atom. The van der Waals surface area contributed by atoms with E-state index in [1.54, 1.807) is 72.3 Å². The summed E-state index contributed by atoms with van der Waals surface area (Å²) < 4.78 is 127. The van der Waals surface area contributed by atoms with Gasteiger partial charge in [-0.3, -0.25) is 28.4 Å². The Labute approximate surface area is 819 Å². The Balaban J connectivity index is 0.000000197. The zero-order valence-electron chi connectivity index (χ0n) is 78.0. The van der Waals surface area contributed by atoms with Crippen LogP contribution in [0.2, 0.25) is 5.15 Å². The van der Waals surface area contributed by atoms with E-state index in [4.69, 9.17) is 26.2 Å². The smallest absolute Gasteiger partial charge is 1.00 e. The van der Waals surface area contributed by atoms with E-state index in [1.165, 1.54) is 50.1 Å². The second kappa shape index (κ2) is 42.9. The Bertz CT molecular complexity index is 6670. The van der Waals surface area contributed by atoms with Gasteiger partial charge in [0.05, 0.1) is 66.9 Å². The van der Waals surface area contributed by atoms with Crippen LogP contribution < -0.4 is 93.3 Å². The number of carbonyl (C=O) groups is 3. The van der Waals surface area contributed by atoms with Gasteiger partial charge in [0, 0.05) is 95.6 Å². The van der Waals surface area contributed by atoms with Gasteiger partial charge in [0.1, 0.15) is 74.7 Å². The molecule has 9 aromatic heterocycles. The molecule has 12 heterocycles. The fourth-order valence-electron chi connectivity index (χ4n) is 16.1. The van der Waals surface area contributed by atoms with E-state index in [-0.39, 0.29) is 162 Å². The molecule has 3 atom stereocenters. The summed E-state index contributed by atoms with van der Waals surface area (Å²) in [5.74, 6) is -6.73. The molecule has 0 spiro atoms. The average molecular weight is 1920 g/mol. The van der Waals surface area contributed by atoms with Gasteiger partial charge in [-0.15, -0.1) is 0 Å². The minimum atomic E-state index is -2.98. The number of hydrogen-bond acceptors (Lipinski definition) is 23. The van der Waals surface area contributed by atoms with Gasteiger partial charge < -0.3 is 58.9 Å². The maximum Gasteiger partial charge on any atom is 1.00 e. The third-order valence-electron chi connectivity index (χ3n) is 22.3. The molecule has 0 saturated carbocycles. The molecule has 0 aliphatic carbocycles. The first-order chi connectivity index (χ1) is 62.6. The largest absolute Gasteiger partial charge is 1.00 e. The van der Waals surface area contributed by atoms with Gasteiger partial charge in [0.15, 0.2) is 39.5 Å². The summed E-state index contributed by atoms with van der Waals surface area (Å²) in [7, 11) is -2.98. The number of hydrogen-bond donors (Lipinski definition) is 3. The van der Waals surface area contributed by atoms with Crippen molar-refractivity contribution in [3.8, 4) is 56.8 Å². The second-order valence-corrected chi connectivity index (χ2v) is 35.8. The molecule has 708 valence electrons. The molecule has 3 aromatic carbocycles. The average Bonchev–Trinajstić information content (AvgIpc) is 0.739. The molecule has 29 nitrogen and oxygen atoms in total. The van der Waals surface area contributed by atoms with Crippen molar-refractivity contribution < 1.29 is 130 Å². The fourth-order valence-corrected chi connectivity index (χ4v) is 16.3. The standard InChI is InChI=1S/C32H36F2N6O4.C30H30F2N6O3.C26H32ClFN6O3.C6H4BF3O.FH.K/c1-17(2)25-27(18(3)11-12-35-25)40-29-20(15-22(34)26(36-29)24-21(33)9-8-10-23(24)41)28(37-30(40)42)39-14-13-38(16-19(39)4)31(43)44-32(5,6)7;1-6-23(40)36-12-13-37(18(5)15-36)28-19-14-21(32)26(24-20(31)8-7-9-22(24)39)34-29(19)38(30(41)35-28)27-17(4)10-11-33-25(27)16(2)3;1-14(2)19-20(15(3)8-9-29-19)34-23-17(12-18(28)21(27)30-23)22(31-24(34)35)33-11-10-32(13-16(33)4)25(36)37-26(5,6)7;8-4-2-1-3-5(11)6(4)7(9)10;;/h8-12,15,17,19,41H,13-14,16H2,1-7H3;6-11,14,16,18,39H,1,12-13,15H2,2-5H3;8-9,12,14,16H,10-11,13H2,1-7H3;1-3,11H;1H;/q;;;;;+1/p-1/t19-;18-;16-;;;/m000.../s1. The van der Waals surface area contributed by atoms with Crippen LogP contribution in [0.1, 0.15) is 155 Å². The van der Waals surface area contributed by atoms with Gasteiger partial charge in [0.2, 0.25) is 5.91 Å². The number of aryl methyl sites for hydroxylation is 3. The maximum atomic E-state index is 15.9. The quantitative estimate of drug-likeness (QED) is 0.0418. The Kier molecular flexibility index (Phi) is 33.3. The normalized spacial score (nSPS) is 15.2. The number of pyridine rings is 6. The zero-order valence-corrected chi connectivity index (χ0v) is 81.9. The third kappa shape index (κ3) is 22.5. The van der Waals surface area contributed by atoms with Gasteiger partial charge in [-0.25, -0.2) is 79.0 Å². The maximum absolute atomic E-state index is 15.9. The number of carbonyl (C=O) groups excluding carboxylic acids is 3. The number of nitrogens with zero attached hydrogens (tertiary/aromatic N) is 18. The minimum Gasteiger partial charge on any atom is -1.00 e. The Hall–Kier alpha value is -12.1. The molecule has 135 heavy (non-hydrogen) atoms. The zero-order chi connectivity index (χ0) is 97.3. The fraction of sp³-hybridized carbons (Fsp3) is 0.372. The minimum absolute atomic E-state index is 0. The summed E-state index contributed by atoms with van der Waals surface area (Å²) in [6.45, 7) is 40.2. The Morgan fingerprint density at radius 2 is 0.778 bits per heavy atom. The first-order valence-electron chi connectivity index (χ1n) is 42.9.